The van der Waals surface area contributed by atoms with E-state index in [1.54, 1.807) is 0 Å². The van der Waals surface area contributed by atoms with Gasteiger partial charge in [-0.25, -0.2) is 4.98 Å². The molecule has 2 heterocycles. The van der Waals surface area contributed by atoms with Crippen LogP contribution >= 0.6 is 23.5 Å². The van der Waals surface area contributed by atoms with Crippen molar-refractivity contribution in [1.29, 1.82) is 0 Å². The summed E-state index contributed by atoms with van der Waals surface area (Å²) in [6.07, 6.45) is 8.36. The third-order valence-electron chi connectivity index (χ3n) is 3.96. The van der Waals surface area contributed by atoms with Crippen LogP contribution in [0.1, 0.15) is 23.1 Å². The molecule has 0 atom stereocenters. The molecule has 0 radical (unpaired) electrons. The third-order valence-corrected chi connectivity index (χ3v) is 7.25. The number of hydrogen-bond acceptors (Lipinski definition) is 3. The van der Waals surface area contributed by atoms with Crippen LogP contribution < -0.4 is 0 Å². The molecule has 2 aromatic rings. The predicted molar refractivity (Wildman–Crippen MR) is 94.1 cm³/mol. The lowest BCUT2D eigenvalue weighted by Gasteiger charge is -2.37. The van der Waals surface area contributed by atoms with Crippen LogP contribution in [0.4, 0.5) is 0 Å². The van der Waals surface area contributed by atoms with Crippen molar-refractivity contribution < 1.29 is 0 Å². The molecule has 1 aliphatic rings. The fourth-order valence-corrected chi connectivity index (χ4v) is 6.19. The van der Waals surface area contributed by atoms with Crippen molar-refractivity contribution in [1.82, 2.24) is 9.55 Å². The van der Waals surface area contributed by atoms with Gasteiger partial charge in [0.1, 0.15) is 0 Å². The SMILES string of the molecule is Cc1ccc(CC2(Cn3ccnc3)SCCCS2)c(C)c1. The van der Waals surface area contributed by atoms with Gasteiger partial charge in [-0.2, -0.15) is 0 Å². The van der Waals surface area contributed by atoms with Gasteiger partial charge in [0, 0.05) is 18.9 Å². The van der Waals surface area contributed by atoms with Crippen LogP contribution in [0.3, 0.4) is 0 Å². The van der Waals surface area contributed by atoms with E-state index in [9.17, 15) is 0 Å². The molecule has 0 unspecified atom stereocenters. The topological polar surface area (TPSA) is 17.8 Å². The first-order valence-electron chi connectivity index (χ1n) is 7.47. The zero-order valence-electron chi connectivity index (χ0n) is 12.7. The molecular weight excluding hydrogens is 296 g/mol. The molecule has 0 aliphatic carbocycles. The molecule has 4 heteroatoms. The highest BCUT2D eigenvalue weighted by molar-refractivity contribution is 8.18. The number of rotatable bonds is 4. The van der Waals surface area contributed by atoms with Crippen molar-refractivity contribution >= 4 is 23.5 Å². The monoisotopic (exact) mass is 318 g/mol. The second kappa shape index (κ2) is 6.49. The Balaban J connectivity index is 1.84. The van der Waals surface area contributed by atoms with Crippen LogP contribution in [0, 0.1) is 13.8 Å². The Morgan fingerprint density at radius 3 is 2.71 bits per heavy atom. The Hall–Kier alpha value is -0.870. The fourth-order valence-electron chi connectivity index (χ4n) is 2.86. The van der Waals surface area contributed by atoms with Crippen molar-refractivity contribution in [2.45, 2.75) is 37.3 Å². The first kappa shape index (κ1) is 15.0. The Bertz CT molecular complexity index is 587. The summed E-state index contributed by atoms with van der Waals surface area (Å²) < 4.78 is 2.48. The third kappa shape index (κ3) is 3.67. The summed E-state index contributed by atoms with van der Waals surface area (Å²) in [6, 6.07) is 6.86. The maximum absolute atomic E-state index is 4.20. The summed E-state index contributed by atoms with van der Waals surface area (Å²) in [6.45, 7) is 5.45. The van der Waals surface area contributed by atoms with Gasteiger partial charge < -0.3 is 4.57 Å². The molecule has 2 nitrogen and oxygen atoms in total. The zero-order valence-corrected chi connectivity index (χ0v) is 14.3. The lowest BCUT2D eigenvalue weighted by Crippen LogP contribution is -2.33. The van der Waals surface area contributed by atoms with E-state index in [-0.39, 0.29) is 4.08 Å². The molecule has 21 heavy (non-hydrogen) atoms. The average Bonchev–Trinajstić information content (AvgIpc) is 2.96. The number of hydrogen-bond donors (Lipinski definition) is 0. The Morgan fingerprint density at radius 1 is 1.24 bits per heavy atom. The van der Waals surface area contributed by atoms with Crippen molar-refractivity contribution in [3.63, 3.8) is 0 Å². The molecule has 1 aliphatic heterocycles. The van der Waals surface area contributed by atoms with Gasteiger partial charge in [-0.1, -0.05) is 23.8 Å². The Kier molecular flexibility index (Phi) is 4.65. The minimum atomic E-state index is 0.249. The number of aryl methyl sites for hydroxylation is 2. The van der Waals surface area contributed by atoms with E-state index in [4.69, 9.17) is 0 Å². The van der Waals surface area contributed by atoms with E-state index in [0.717, 1.165) is 13.0 Å². The minimum absolute atomic E-state index is 0.249. The molecule has 1 fully saturated rings. The maximum Gasteiger partial charge on any atom is 0.0946 e. The number of nitrogens with zero attached hydrogens (tertiary/aromatic N) is 2. The normalized spacial score (nSPS) is 17.8. The molecule has 1 aromatic heterocycles. The van der Waals surface area contributed by atoms with Gasteiger partial charge in [0.05, 0.1) is 10.4 Å². The summed E-state index contributed by atoms with van der Waals surface area (Å²) in [5.74, 6) is 2.54. The lowest BCUT2D eigenvalue weighted by atomic mass is 10.0. The molecule has 0 N–H and O–H groups in total. The molecule has 1 saturated heterocycles. The van der Waals surface area contributed by atoms with Crippen LogP contribution in [0.15, 0.2) is 36.9 Å². The summed E-state index contributed by atoms with van der Waals surface area (Å²) in [5, 5.41) is 0. The van der Waals surface area contributed by atoms with E-state index in [1.807, 2.05) is 12.5 Å². The van der Waals surface area contributed by atoms with E-state index in [0.29, 0.717) is 0 Å². The van der Waals surface area contributed by atoms with Gasteiger partial charge in [0.25, 0.3) is 0 Å². The number of aromatic nitrogens is 2. The number of imidazole rings is 1. The second-order valence-corrected chi connectivity index (χ2v) is 9.02. The van der Waals surface area contributed by atoms with Crippen molar-refractivity contribution in [3.8, 4) is 0 Å². The second-order valence-electron chi connectivity index (χ2n) is 5.80. The first-order chi connectivity index (χ1) is 10.2. The van der Waals surface area contributed by atoms with Crippen LogP contribution in [0.25, 0.3) is 0 Å². The highest BCUT2D eigenvalue weighted by Crippen LogP contribution is 2.46. The van der Waals surface area contributed by atoms with Gasteiger partial charge in [-0.3, -0.25) is 0 Å². The molecule has 1 aromatic carbocycles. The molecule has 0 saturated carbocycles. The summed E-state index contributed by atoms with van der Waals surface area (Å²) in [7, 11) is 0. The fraction of sp³-hybridized carbons (Fsp3) is 0.471. The van der Waals surface area contributed by atoms with Gasteiger partial charge in [-0.05, 0) is 49.3 Å². The largest absolute Gasteiger partial charge is 0.335 e. The van der Waals surface area contributed by atoms with Crippen LogP contribution in [0.5, 0.6) is 0 Å². The number of thioether (sulfide) groups is 2. The lowest BCUT2D eigenvalue weighted by molar-refractivity contribution is 0.617. The Morgan fingerprint density at radius 2 is 2.05 bits per heavy atom. The quantitative estimate of drug-likeness (QED) is 0.836. The van der Waals surface area contributed by atoms with Crippen molar-refractivity contribution in [2.24, 2.45) is 0 Å². The van der Waals surface area contributed by atoms with Crippen molar-refractivity contribution in [3.05, 3.63) is 53.6 Å². The molecular formula is C17H22N2S2. The summed E-state index contributed by atoms with van der Waals surface area (Å²) in [4.78, 5) is 4.20. The van der Waals surface area contributed by atoms with Gasteiger partial charge >= 0.3 is 0 Å². The van der Waals surface area contributed by atoms with Gasteiger partial charge in [-0.15, -0.1) is 23.5 Å². The van der Waals surface area contributed by atoms with Crippen LogP contribution in [-0.2, 0) is 13.0 Å². The molecule has 0 spiro atoms. The highest BCUT2D eigenvalue weighted by Gasteiger charge is 2.34. The van der Waals surface area contributed by atoms with E-state index in [2.05, 4.69) is 71.3 Å². The van der Waals surface area contributed by atoms with Gasteiger partial charge in [0.2, 0.25) is 0 Å². The first-order valence-corrected chi connectivity index (χ1v) is 9.44. The summed E-state index contributed by atoms with van der Waals surface area (Å²) >= 11 is 4.26. The Labute approximate surface area is 135 Å². The predicted octanol–water partition coefficient (Wildman–Crippen LogP) is 4.31. The smallest absolute Gasteiger partial charge is 0.0946 e. The molecule has 0 amide bonds. The van der Waals surface area contributed by atoms with Crippen molar-refractivity contribution in [2.75, 3.05) is 11.5 Å². The molecule has 112 valence electrons. The molecule has 0 bridgehead atoms. The average molecular weight is 319 g/mol. The van der Waals surface area contributed by atoms with E-state index < -0.39 is 0 Å². The minimum Gasteiger partial charge on any atom is -0.335 e. The van der Waals surface area contributed by atoms with E-state index in [1.165, 1.54) is 34.6 Å². The van der Waals surface area contributed by atoms with Gasteiger partial charge in [0.15, 0.2) is 0 Å². The summed E-state index contributed by atoms with van der Waals surface area (Å²) in [5.41, 5.74) is 4.26. The van der Waals surface area contributed by atoms with Crippen LogP contribution in [-0.4, -0.2) is 25.1 Å². The number of benzene rings is 1. The zero-order chi connectivity index (χ0) is 14.7. The van der Waals surface area contributed by atoms with E-state index >= 15 is 0 Å². The van der Waals surface area contributed by atoms with Crippen LogP contribution in [0.2, 0.25) is 0 Å². The molecule has 3 rings (SSSR count). The maximum atomic E-state index is 4.20. The highest BCUT2D eigenvalue weighted by atomic mass is 32.2. The standard InChI is InChI=1S/C17H22N2S2/c1-14-4-5-16(15(2)10-14)11-17(20-8-3-9-21-17)12-19-7-6-18-13-19/h4-7,10,13H,3,8-9,11-12H2,1-2H3.